The average molecular weight is 329 g/mol. The van der Waals surface area contributed by atoms with Crippen LogP contribution < -0.4 is 4.74 Å². The van der Waals surface area contributed by atoms with E-state index in [2.05, 4.69) is 17.0 Å². The van der Waals surface area contributed by atoms with Crippen LogP contribution in [0.25, 0.3) is 0 Å². The number of aliphatic hydroxyl groups is 1. The summed E-state index contributed by atoms with van der Waals surface area (Å²) in [6.45, 7) is 5.04. The lowest BCUT2D eigenvalue weighted by atomic mass is 10.2. The summed E-state index contributed by atoms with van der Waals surface area (Å²) in [7, 11) is 1.69. The topological polar surface area (TPSA) is 41.9 Å². The Morgan fingerprint density at radius 3 is 2.58 bits per heavy atom. The van der Waals surface area contributed by atoms with Crippen molar-refractivity contribution in [2.75, 3.05) is 33.4 Å². The van der Waals surface area contributed by atoms with E-state index in [9.17, 15) is 5.11 Å². The first-order valence-electron chi connectivity index (χ1n) is 8.30. The normalized spacial score (nSPS) is 12.3. The second kappa shape index (κ2) is 10.1. The van der Waals surface area contributed by atoms with E-state index in [1.165, 1.54) is 5.56 Å². The van der Waals surface area contributed by atoms with E-state index in [0.717, 1.165) is 24.4 Å². The first-order chi connectivity index (χ1) is 11.7. The number of aryl methyl sites for hydroxylation is 1. The molecular weight excluding hydrogens is 302 g/mol. The summed E-state index contributed by atoms with van der Waals surface area (Å²) in [6.07, 6.45) is -0.550. The molecule has 0 aliphatic rings. The Hall–Kier alpha value is -1.88. The van der Waals surface area contributed by atoms with Gasteiger partial charge in [-0.3, -0.25) is 4.90 Å². The molecule has 0 spiro atoms. The van der Waals surface area contributed by atoms with Crippen molar-refractivity contribution in [3.05, 3.63) is 65.7 Å². The molecule has 0 fully saturated rings. The fourth-order valence-electron chi connectivity index (χ4n) is 2.55. The van der Waals surface area contributed by atoms with Gasteiger partial charge >= 0.3 is 0 Å². The predicted octanol–water partition coefficient (Wildman–Crippen LogP) is 2.88. The Labute approximate surface area is 144 Å². The van der Waals surface area contributed by atoms with Crippen LogP contribution in [0, 0.1) is 6.92 Å². The summed E-state index contributed by atoms with van der Waals surface area (Å²) in [5.74, 6) is 0.792. The van der Waals surface area contributed by atoms with Gasteiger partial charge in [0.1, 0.15) is 18.5 Å². The van der Waals surface area contributed by atoms with E-state index in [4.69, 9.17) is 9.47 Å². The maximum atomic E-state index is 10.3. The van der Waals surface area contributed by atoms with E-state index >= 15 is 0 Å². The number of ether oxygens (including phenoxy) is 2. The van der Waals surface area contributed by atoms with Gasteiger partial charge in [0, 0.05) is 26.7 Å². The van der Waals surface area contributed by atoms with Crippen molar-refractivity contribution in [3.8, 4) is 5.75 Å². The largest absolute Gasteiger partial charge is 0.491 e. The molecule has 2 aromatic carbocycles. The molecule has 0 bridgehead atoms. The van der Waals surface area contributed by atoms with Crippen LogP contribution in [0.1, 0.15) is 11.1 Å². The van der Waals surface area contributed by atoms with Crippen molar-refractivity contribution in [3.63, 3.8) is 0 Å². The van der Waals surface area contributed by atoms with E-state index in [-0.39, 0.29) is 6.61 Å². The highest BCUT2D eigenvalue weighted by atomic mass is 16.5. The van der Waals surface area contributed by atoms with Crippen LogP contribution in [0.15, 0.2) is 54.6 Å². The molecule has 0 radical (unpaired) electrons. The first kappa shape index (κ1) is 18.5. The van der Waals surface area contributed by atoms with Crippen molar-refractivity contribution < 1.29 is 14.6 Å². The molecule has 24 heavy (non-hydrogen) atoms. The Morgan fingerprint density at radius 2 is 1.88 bits per heavy atom. The zero-order valence-corrected chi connectivity index (χ0v) is 14.5. The molecule has 0 aliphatic carbocycles. The number of nitrogens with zero attached hydrogens (tertiary/aromatic N) is 1. The molecule has 0 saturated heterocycles. The van der Waals surface area contributed by atoms with Gasteiger partial charge in [0.2, 0.25) is 0 Å². The van der Waals surface area contributed by atoms with Crippen LogP contribution in [-0.2, 0) is 11.3 Å². The summed E-state index contributed by atoms with van der Waals surface area (Å²) < 4.78 is 10.9. The minimum Gasteiger partial charge on any atom is -0.491 e. The fraction of sp³-hybridized carbons (Fsp3) is 0.400. The number of hydrogen-bond acceptors (Lipinski definition) is 4. The third kappa shape index (κ3) is 6.71. The third-order valence-electron chi connectivity index (χ3n) is 3.76. The molecule has 4 heteroatoms. The lowest BCUT2D eigenvalue weighted by Gasteiger charge is -2.25. The molecule has 2 rings (SSSR count). The van der Waals surface area contributed by atoms with Gasteiger partial charge in [-0.25, -0.2) is 0 Å². The molecule has 130 valence electrons. The maximum Gasteiger partial charge on any atom is 0.119 e. The number of hydrogen-bond donors (Lipinski definition) is 1. The van der Waals surface area contributed by atoms with Crippen molar-refractivity contribution in [1.29, 1.82) is 0 Å². The van der Waals surface area contributed by atoms with Crippen LogP contribution in [0.2, 0.25) is 0 Å². The summed E-state index contributed by atoms with van der Waals surface area (Å²) in [6, 6.07) is 18.1. The van der Waals surface area contributed by atoms with Gasteiger partial charge in [0.25, 0.3) is 0 Å². The summed E-state index contributed by atoms with van der Waals surface area (Å²) in [4.78, 5) is 2.18. The lowest BCUT2D eigenvalue weighted by Crippen LogP contribution is -2.37. The zero-order valence-electron chi connectivity index (χ0n) is 14.5. The van der Waals surface area contributed by atoms with Gasteiger partial charge in [0.05, 0.1) is 6.61 Å². The van der Waals surface area contributed by atoms with Crippen LogP contribution in [0.4, 0.5) is 0 Å². The number of benzene rings is 2. The molecule has 0 heterocycles. The number of methoxy groups -OCH3 is 1. The predicted molar refractivity (Wildman–Crippen MR) is 96.3 cm³/mol. The van der Waals surface area contributed by atoms with Crippen LogP contribution in [0.3, 0.4) is 0 Å². The third-order valence-corrected chi connectivity index (χ3v) is 3.76. The van der Waals surface area contributed by atoms with E-state index in [1.54, 1.807) is 7.11 Å². The molecular formula is C20H27NO3. The van der Waals surface area contributed by atoms with Crippen LogP contribution >= 0.6 is 0 Å². The zero-order chi connectivity index (χ0) is 17.2. The Morgan fingerprint density at radius 1 is 1.08 bits per heavy atom. The first-order valence-corrected chi connectivity index (χ1v) is 8.30. The van der Waals surface area contributed by atoms with Gasteiger partial charge < -0.3 is 14.6 Å². The van der Waals surface area contributed by atoms with Gasteiger partial charge in [-0.05, 0) is 30.2 Å². The Balaban J connectivity index is 1.85. The van der Waals surface area contributed by atoms with E-state index in [0.29, 0.717) is 13.2 Å². The second-order valence-electron chi connectivity index (χ2n) is 5.99. The molecule has 0 saturated carbocycles. The SMILES string of the molecule is COCCN(Cc1ccccc1)CC(O)COc1cccc(C)c1. The van der Waals surface area contributed by atoms with E-state index in [1.807, 2.05) is 49.4 Å². The fourth-order valence-corrected chi connectivity index (χ4v) is 2.55. The quantitative estimate of drug-likeness (QED) is 0.728. The summed E-state index contributed by atoms with van der Waals surface area (Å²) in [5.41, 5.74) is 2.37. The monoisotopic (exact) mass is 329 g/mol. The van der Waals surface area contributed by atoms with Crippen molar-refractivity contribution in [2.24, 2.45) is 0 Å². The van der Waals surface area contributed by atoms with Gasteiger partial charge in [0.15, 0.2) is 0 Å². The Bertz CT molecular complexity index is 588. The smallest absolute Gasteiger partial charge is 0.119 e. The number of aliphatic hydroxyl groups excluding tert-OH is 1. The van der Waals surface area contributed by atoms with Crippen molar-refractivity contribution >= 4 is 0 Å². The molecule has 1 N–H and O–H groups in total. The molecule has 0 aromatic heterocycles. The van der Waals surface area contributed by atoms with Crippen molar-refractivity contribution in [1.82, 2.24) is 4.90 Å². The van der Waals surface area contributed by atoms with Gasteiger partial charge in [-0.15, -0.1) is 0 Å². The molecule has 0 amide bonds. The summed E-state index contributed by atoms with van der Waals surface area (Å²) >= 11 is 0. The molecule has 1 atom stereocenters. The van der Waals surface area contributed by atoms with Crippen molar-refractivity contribution in [2.45, 2.75) is 19.6 Å². The standard InChI is InChI=1S/C20H27NO3/c1-17-7-6-10-20(13-17)24-16-19(22)15-21(11-12-23-2)14-18-8-4-3-5-9-18/h3-10,13,19,22H,11-12,14-16H2,1-2H3. The highest BCUT2D eigenvalue weighted by Gasteiger charge is 2.13. The van der Waals surface area contributed by atoms with Gasteiger partial charge in [-0.1, -0.05) is 42.5 Å². The lowest BCUT2D eigenvalue weighted by molar-refractivity contribution is 0.0542. The highest BCUT2D eigenvalue weighted by Crippen LogP contribution is 2.13. The number of rotatable bonds is 10. The maximum absolute atomic E-state index is 10.3. The van der Waals surface area contributed by atoms with Gasteiger partial charge in [-0.2, -0.15) is 0 Å². The molecule has 4 nitrogen and oxygen atoms in total. The van der Waals surface area contributed by atoms with E-state index < -0.39 is 6.10 Å². The Kier molecular flexibility index (Phi) is 7.75. The molecule has 0 aliphatic heterocycles. The minimum absolute atomic E-state index is 0.279. The molecule has 2 aromatic rings. The second-order valence-corrected chi connectivity index (χ2v) is 5.99. The van der Waals surface area contributed by atoms with Crippen LogP contribution in [0.5, 0.6) is 5.75 Å². The van der Waals surface area contributed by atoms with Crippen LogP contribution in [-0.4, -0.2) is 49.5 Å². The molecule has 1 unspecified atom stereocenters. The minimum atomic E-state index is -0.550. The highest BCUT2D eigenvalue weighted by molar-refractivity contribution is 5.27. The summed E-state index contributed by atoms with van der Waals surface area (Å²) in [5, 5.41) is 10.3. The average Bonchev–Trinajstić information content (AvgIpc) is 2.59.